The van der Waals surface area contributed by atoms with Crippen LogP contribution in [-0.4, -0.2) is 84.7 Å². The second-order valence-electron chi connectivity index (χ2n) is 10.8. The zero-order valence-electron chi connectivity index (χ0n) is 22.1. The highest BCUT2D eigenvalue weighted by molar-refractivity contribution is 7.89. The Morgan fingerprint density at radius 3 is 2.42 bits per heavy atom. The fraction of sp³-hybridized carbons (Fsp3) is 0.536. The molecule has 2 atom stereocenters. The van der Waals surface area contributed by atoms with Crippen molar-refractivity contribution in [1.29, 1.82) is 0 Å². The normalized spacial score (nSPS) is 23.6. The highest BCUT2D eigenvalue weighted by atomic mass is 35.5. The van der Waals surface area contributed by atoms with Gasteiger partial charge in [-0.2, -0.15) is 4.31 Å². The molecule has 0 radical (unpaired) electrons. The third-order valence-corrected chi connectivity index (χ3v) is 10.6. The monoisotopic (exact) mass is 597 g/mol. The number of rotatable bonds is 8. The molecule has 218 valence electrons. The zero-order chi connectivity index (χ0) is 28.5. The molecule has 1 amide bonds. The number of halogens is 3. The van der Waals surface area contributed by atoms with Gasteiger partial charge in [-0.1, -0.05) is 23.7 Å². The van der Waals surface area contributed by atoms with Crippen molar-refractivity contribution in [3.8, 4) is 0 Å². The number of aliphatic hydroxyl groups excluding tert-OH is 1. The van der Waals surface area contributed by atoms with Gasteiger partial charge in [-0.25, -0.2) is 22.0 Å². The zero-order valence-corrected chi connectivity index (χ0v) is 23.7. The Hall–Kier alpha value is -2.31. The molecule has 2 aliphatic heterocycles. The predicted octanol–water partition coefficient (Wildman–Crippen LogP) is 4.57. The first-order chi connectivity index (χ1) is 19.1. The van der Waals surface area contributed by atoms with Crippen LogP contribution in [0.1, 0.15) is 50.1 Å². The molecule has 1 saturated carbocycles. The largest absolute Gasteiger partial charge is 0.441 e. The number of carbonyl (C=O) groups excluding carboxylic acids is 1. The van der Waals surface area contributed by atoms with Crippen LogP contribution in [0.4, 0.5) is 13.6 Å². The van der Waals surface area contributed by atoms with E-state index in [2.05, 4.69) is 4.90 Å². The molecular formula is C28H34ClF2N3O5S. The maximum absolute atomic E-state index is 14.3. The number of hydrogen-bond donors (Lipinski definition) is 1. The first-order valence-corrected chi connectivity index (χ1v) is 15.5. The van der Waals surface area contributed by atoms with Crippen LogP contribution in [0.25, 0.3) is 0 Å². The van der Waals surface area contributed by atoms with Gasteiger partial charge in [-0.3, -0.25) is 4.90 Å². The molecule has 12 heteroatoms. The second-order valence-corrected chi connectivity index (χ2v) is 13.0. The molecule has 8 nitrogen and oxygen atoms in total. The molecule has 2 aromatic carbocycles. The van der Waals surface area contributed by atoms with E-state index >= 15 is 0 Å². The van der Waals surface area contributed by atoms with E-state index in [9.17, 15) is 22.0 Å². The lowest BCUT2D eigenvalue weighted by Crippen LogP contribution is -2.55. The van der Waals surface area contributed by atoms with Gasteiger partial charge in [0, 0.05) is 39.3 Å². The molecule has 2 aromatic rings. The third kappa shape index (κ3) is 5.99. The molecule has 0 spiro atoms. The highest BCUT2D eigenvalue weighted by Crippen LogP contribution is 2.53. The van der Waals surface area contributed by atoms with Crippen molar-refractivity contribution < 1.29 is 31.8 Å². The van der Waals surface area contributed by atoms with Crippen LogP contribution in [0.3, 0.4) is 0 Å². The van der Waals surface area contributed by atoms with E-state index in [-0.39, 0.29) is 16.5 Å². The maximum Gasteiger partial charge on any atom is 0.410 e. The van der Waals surface area contributed by atoms with Crippen molar-refractivity contribution in [3.05, 3.63) is 64.7 Å². The summed E-state index contributed by atoms with van der Waals surface area (Å²) in [6.07, 6.45) is 2.73. The molecule has 0 unspecified atom stereocenters. The average Bonchev–Trinajstić information content (AvgIpc) is 3.72. The summed E-state index contributed by atoms with van der Waals surface area (Å²) in [6, 6.07) is 7.58. The number of amides is 1. The fourth-order valence-electron chi connectivity index (χ4n) is 5.94. The first kappa shape index (κ1) is 29.2. The van der Waals surface area contributed by atoms with Crippen molar-refractivity contribution in [2.24, 2.45) is 0 Å². The molecule has 1 N–H and O–H groups in total. The quantitative estimate of drug-likeness (QED) is 0.479. The predicted molar refractivity (Wildman–Crippen MR) is 145 cm³/mol. The fourth-order valence-corrected chi connectivity index (χ4v) is 8.37. The van der Waals surface area contributed by atoms with Crippen LogP contribution in [0.2, 0.25) is 5.02 Å². The van der Waals surface area contributed by atoms with E-state index in [1.165, 1.54) is 22.5 Å². The van der Waals surface area contributed by atoms with Crippen LogP contribution in [0.5, 0.6) is 0 Å². The van der Waals surface area contributed by atoms with E-state index in [1.54, 1.807) is 11.0 Å². The number of sulfonamides is 1. The smallest absolute Gasteiger partial charge is 0.410 e. The lowest BCUT2D eigenvalue weighted by molar-refractivity contribution is -0.0142. The van der Waals surface area contributed by atoms with Gasteiger partial charge in [0.25, 0.3) is 0 Å². The summed E-state index contributed by atoms with van der Waals surface area (Å²) in [5.41, 5.74) is -0.524. The molecular weight excluding hydrogens is 564 g/mol. The minimum absolute atomic E-state index is 0.116. The Morgan fingerprint density at radius 2 is 1.77 bits per heavy atom. The summed E-state index contributed by atoms with van der Waals surface area (Å²) in [5.74, 6) is -1.15. The van der Waals surface area contributed by atoms with Crippen molar-refractivity contribution in [3.63, 3.8) is 0 Å². The molecule has 3 aliphatic rings. The summed E-state index contributed by atoms with van der Waals surface area (Å²) in [5, 5.41) is 8.83. The van der Waals surface area contributed by atoms with Gasteiger partial charge in [-0.15, -0.1) is 0 Å². The molecule has 0 bridgehead atoms. The summed E-state index contributed by atoms with van der Waals surface area (Å²) in [4.78, 5) is 16.9. The van der Waals surface area contributed by atoms with E-state index in [1.807, 2.05) is 0 Å². The lowest BCUT2D eigenvalue weighted by Gasteiger charge is -2.45. The Balaban J connectivity index is 1.44. The Bertz CT molecular complexity index is 1330. The number of ether oxygens (including phenoxy) is 1. The topological polar surface area (TPSA) is 90.4 Å². The first-order valence-electron chi connectivity index (χ1n) is 13.7. The van der Waals surface area contributed by atoms with Crippen molar-refractivity contribution in [2.45, 2.75) is 61.1 Å². The van der Waals surface area contributed by atoms with Crippen LogP contribution in [0, 0.1) is 11.6 Å². The molecule has 1 aliphatic carbocycles. The van der Waals surface area contributed by atoms with Crippen LogP contribution in [-0.2, 0) is 14.8 Å². The number of piperidine rings is 1. The van der Waals surface area contributed by atoms with Gasteiger partial charge in [0.05, 0.1) is 17.1 Å². The number of benzene rings is 2. The van der Waals surface area contributed by atoms with Gasteiger partial charge in [-0.05, 0) is 74.4 Å². The Kier molecular flexibility index (Phi) is 8.68. The summed E-state index contributed by atoms with van der Waals surface area (Å²) in [6.45, 7) is 3.15. The SMILES string of the molecule is O=C(OC1([C@H]2CCC[C@@H](c3cccc(F)c3)N2S(=O)(=O)c2ccc(F)cc2Cl)CC1)N1CCN(CCCO)CC1. The number of aliphatic hydroxyl groups is 1. The summed E-state index contributed by atoms with van der Waals surface area (Å²) >= 11 is 6.24. The van der Waals surface area contributed by atoms with E-state index < -0.39 is 45.4 Å². The molecule has 0 aromatic heterocycles. The van der Waals surface area contributed by atoms with E-state index in [0.29, 0.717) is 70.3 Å². The van der Waals surface area contributed by atoms with Gasteiger partial charge in [0.1, 0.15) is 22.1 Å². The number of nitrogens with zero attached hydrogens (tertiary/aromatic N) is 3. The molecule has 2 heterocycles. The molecule has 3 fully saturated rings. The van der Waals surface area contributed by atoms with Gasteiger partial charge < -0.3 is 14.7 Å². The van der Waals surface area contributed by atoms with Crippen LogP contribution in [0.15, 0.2) is 47.4 Å². The van der Waals surface area contributed by atoms with Crippen molar-refractivity contribution in [1.82, 2.24) is 14.1 Å². The Labute approximate surface area is 238 Å². The highest BCUT2D eigenvalue weighted by Gasteiger charge is 2.60. The minimum Gasteiger partial charge on any atom is -0.441 e. The van der Waals surface area contributed by atoms with Crippen LogP contribution >= 0.6 is 11.6 Å². The Morgan fingerprint density at radius 1 is 1.05 bits per heavy atom. The molecule has 40 heavy (non-hydrogen) atoms. The standard InChI is InChI=1S/C28H34ClF2N3O5S/c29-23-19-22(31)8-9-25(23)40(37,38)34-24(20-4-1-5-21(30)18-20)6-2-7-26(34)28(10-11-28)39-27(36)33-15-13-32(14-16-33)12-3-17-35/h1,4-5,8-9,18-19,24,26,35H,2-3,6-7,10-17H2/t24-,26+/m0/s1. The maximum atomic E-state index is 14.3. The van der Waals surface area contributed by atoms with Crippen molar-refractivity contribution >= 4 is 27.7 Å². The van der Waals surface area contributed by atoms with Gasteiger partial charge in [0.15, 0.2) is 0 Å². The van der Waals surface area contributed by atoms with E-state index in [4.69, 9.17) is 21.4 Å². The lowest BCUT2D eigenvalue weighted by atomic mass is 9.90. The third-order valence-electron chi connectivity index (χ3n) is 8.16. The second kappa shape index (κ2) is 11.9. The van der Waals surface area contributed by atoms with Crippen LogP contribution < -0.4 is 0 Å². The molecule has 5 rings (SSSR count). The van der Waals surface area contributed by atoms with Gasteiger partial charge in [0.2, 0.25) is 10.0 Å². The summed E-state index contributed by atoms with van der Waals surface area (Å²) < 4.78 is 64.0. The minimum atomic E-state index is -4.31. The van der Waals surface area contributed by atoms with Crippen molar-refractivity contribution in [2.75, 3.05) is 39.3 Å². The van der Waals surface area contributed by atoms with Gasteiger partial charge >= 0.3 is 6.09 Å². The summed E-state index contributed by atoms with van der Waals surface area (Å²) in [7, 11) is -4.31. The van der Waals surface area contributed by atoms with E-state index in [0.717, 1.165) is 24.7 Å². The number of hydrogen-bond acceptors (Lipinski definition) is 6. The average molecular weight is 598 g/mol. The number of piperazine rings is 1. The number of carbonyl (C=O) groups is 1. The molecule has 2 saturated heterocycles.